The Morgan fingerprint density at radius 2 is 1.71 bits per heavy atom. The van der Waals surface area contributed by atoms with Crippen LogP contribution in [-0.2, 0) is 19.1 Å². The molecule has 2 unspecified atom stereocenters. The van der Waals surface area contributed by atoms with E-state index < -0.39 is 18.8 Å². The van der Waals surface area contributed by atoms with Crippen molar-refractivity contribution >= 4 is 11.9 Å². The number of nitrogens with one attached hydrogen (secondary N) is 1. The number of likely N-dealkylation sites (N-methyl/N-ethyl adjacent to an activating group) is 1. The number of aliphatic hydroxyl groups is 2. The van der Waals surface area contributed by atoms with Gasteiger partial charge in [-0.15, -0.1) is 0 Å². The molecule has 0 fully saturated rings. The Hall–Kier alpha value is -1.22. The highest BCUT2D eigenvalue weighted by Gasteiger charge is 2.23. The van der Waals surface area contributed by atoms with Gasteiger partial charge in [0.1, 0.15) is 6.04 Å². The number of carbonyl (C=O) groups is 2. The van der Waals surface area contributed by atoms with Gasteiger partial charge in [0, 0.05) is 27.2 Å². The molecule has 3 N–H and O–H groups in total. The van der Waals surface area contributed by atoms with Crippen molar-refractivity contribution < 1.29 is 29.3 Å². The monoisotopic (exact) mass is 352 g/mol. The minimum absolute atomic E-state index is 0.00183. The number of hydrogen-bond donors (Lipinski definition) is 3. The van der Waals surface area contributed by atoms with E-state index in [1.54, 1.807) is 21.3 Å². The van der Waals surface area contributed by atoms with Crippen LogP contribution in [0.4, 0.5) is 0 Å². The van der Waals surface area contributed by atoms with E-state index in [2.05, 4.69) is 10.1 Å². The molecule has 0 saturated carbocycles. The maximum absolute atomic E-state index is 11.6. The largest absolute Gasteiger partial charge is 0.468 e. The molecule has 0 aliphatic rings. The zero-order valence-corrected chi connectivity index (χ0v) is 16.2. The summed E-state index contributed by atoms with van der Waals surface area (Å²) in [4.78, 5) is 24.9. The second kappa shape index (κ2) is 19.8. The third-order valence-corrected chi connectivity index (χ3v) is 2.89. The molecule has 8 nitrogen and oxygen atoms in total. The fourth-order valence-electron chi connectivity index (χ4n) is 1.53. The second-order valence-corrected chi connectivity index (χ2v) is 4.70. The van der Waals surface area contributed by atoms with Crippen molar-refractivity contribution in [1.82, 2.24) is 10.2 Å². The number of nitrogens with zero attached hydrogens (tertiary/aromatic N) is 1. The lowest BCUT2D eigenvalue weighted by Crippen LogP contribution is -2.40. The summed E-state index contributed by atoms with van der Waals surface area (Å²) in [7, 11) is 6.35. The molecule has 146 valence electrons. The number of esters is 1. The van der Waals surface area contributed by atoms with Gasteiger partial charge in [-0.1, -0.05) is 20.8 Å². The fourth-order valence-corrected chi connectivity index (χ4v) is 1.53. The van der Waals surface area contributed by atoms with E-state index in [1.165, 1.54) is 7.11 Å². The molecule has 0 saturated heterocycles. The Morgan fingerprint density at radius 1 is 1.21 bits per heavy atom. The predicted octanol–water partition coefficient (Wildman–Crippen LogP) is 0.0181. The predicted molar refractivity (Wildman–Crippen MR) is 93.7 cm³/mol. The number of aliphatic hydroxyl groups excluding tert-OH is 2. The van der Waals surface area contributed by atoms with Gasteiger partial charge < -0.3 is 25.0 Å². The first-order valence-corrected chi connectivity index (χ1v) is 8.11. The van der Waals surface area contributed by atoms with Crippen LogP contribution in [0.25, 0.3) is 0 Å². The van der Waals surface area contributed by atoms with Gasteiger partial charge in [-0.3, -0.25) is 14.5 Å². The topological polar surface area (TPSA) is 108 Å². The zero-order chi connectivity index (χ0) is 19.5. The third kappa shape index (κ3) is 15.7. The van der Waals surface area contributed by atoms with Crippen LogP contribution < -0.4 is 5.32 Å². The summed E-state index contributed by atoms with van der Waals surface area (Å²) in [6, 6.07) is -0.455. The molecule has 0 spiro atoms. The summed E-state index contributed by atoms with van der Waals surface area (Å²) in [5, 5.41) is 20.2. The van der Waals surface area contributed by atoms with Crippen LogP contribution in [-0.4, -0.2) is 87.2 Å². The number of carbonyl (C=O) groups excluding carboxylic acids is 2. The molecule has 1 amide bonds. The summed E-state index contributed by atoms with van der Waals surface area (Å²) in [5.41, 5.74) is 0. The molecule has 0 aromatic carbocycles. The van der Waals surface area contributed by atoms with Crippen molar-refractivity contribution in [2.75, 3.05) is 48.1 Å². The second-order valence-electron chi connectivity index (χ2n) is 4.70. The van der Waals surface area contributed by atoms with Gasteiger partial charge in [0.25, 0.3) is 0 Å². The van der Waals surface area contributed by atoms with Crippen molar-refractivity contribution in [2.24, 2.45) is 0 Å². The summed E-state index contributed by atoms with van der Waals surface area (Å²) < 4.78 is 8.95. The third-order valence-electron chi connectivity index (χ3n) is 2.89. The van der Waals surface area contributed by atoms with Crippen LogP contribution in [0.5, 0.6) is 0 Å². The molecule has 0 rings (SSSR count). The van der Waals surface area contributed by atoms with Gasteiger partial charge in [0.05, 0.1) is 19.8 Å². The fraction of sp³-hybridized carbons (Fsp3) is 0.875. The average Bonchev–Trinajstić information content (AvgIpc) is 2.61. The normalized spacial score (nSPS) is 12.1. The van der Waals surface area contributed by atoms with Crippen molar-refractivity contribution in [3.05, 3.63) is 0 Å². The molecule has 24 heavy (non-hydrogen) atoms. The van der Waals surface area contributed by atoms with E-state index in [0.29, 0.717) is 13.0 Å². The van der Waals surface area contributed by atoms with Crippen LogP contribution in [0.1, 0.15) is 33.6 Å². The summed E-state index contributed by atoms with van der Waals surface area (Å²) >= 11 is 0. The van der Waals surface area contributed by atoms with Crippen molar-refractivity contribution in [1.29, 1.82) is 0 Å². The average molecular weight is 352 g/mol. The molecule has 0 aromatic rings. The highest BCUT2D eigenvalue weighted by atomic mass is 16.5. The van der Waals surface area contributed by atoms with Crippen LogP contribution in [0.2, 0.25) is 0 Å². The Balaban J connectivity index is -0.000000786. The zero-order valence-electron chi connectivity index (χ0n) is 16.2. The van der Waals surface area contributed by atoms with E-state index in [1.807, 2.05) is 25.7 Å². The summed E-state index contributed by atoms with van der Waals surface area (Å²) in [5.74, 6) is -0.640. The highest BCUT2D eigenvalue weighted by molar-refractivity contribution is 5.79. The van der Waals surface area contributed by atoms with Gasteiger partial charge in [-0.05, 0) is 20.0 Å². The highest BCUT2D eigenvalue weighted by Crippen LogP contribution is 2.07. The van der Waals surface area contributed by atoms with Crippen LogP contribution in [0, 0.1) is 0 Å². The van der Waals surface area contributed by atoms with Gasteiger partial charge in [0.2, 0.25) is 5.91 Å². The lowest BCUT2D eigenvalue weighted by molar-refractivity contribution is -0.146. The molecular formula is C16H36N2O6. The smallest absolute Gasteiger partial charge is 0.323 e. The number of ether oxygens (including phenoxy) is 2. The molecular weight excluding hydrogens is 316 g/mol. The maximum atomic E-state index is 11.6. The van der Waals surface area contributed by atoms with E-state index >= 15 is 0 Å². The minimum atomic E-state index is -0.960. The molecule has 0 aliphatic heterocycles. The lowest BCUT2D eigenvalue weighted by atomic mass is 10.1. The number of amides is 1. The number of rotatable bonds is 9. The molecule has 0 radical (unpaired) electrons. The first kappa shape index (κ1) is 27.6. The van der Waals surface area contributed by atoms with Gasteiger partial charge in [-0.25, -0.2) is 0 Å². The quantitative estimate of drug-likeness (QED) is 0.502. The van der Waals surface area contributed by atoms with Gasteiger partial charge in [0.15, 0.2) is 0 Å². The van der Waals surface area contributed by atoms with Gasteiger partial charge in [-0.2, -0.15) is 0 Å². The van der Waals surface area contributed by atoms with E-state index in [4.69, 9.17) is 14.9 Å². The Kier molecular flexibility index (Phi) is 22.8. The molecule has 8 heteroatoms. The van der Waals surface area contributed by atoms with Crippen molar-refractivity contribution in [3.8, 4) is 0 Å². The standard InChI is InChI=1S/C12H24N2O5.C2H6O.C2H6/c1-4-14(2)10(12(18)19-3)5-6-11(17)13-7-9(16)8-15;1-3-2;1-2/h9-10,15-16H,4-8H2,1-3H3,(H,13,17);1-2H3;1-2H3. The summed E-state index contributed by atoms with van der Waals surface area (Å²) in [6.45, 7) is 6.18. The molecule has 0 bridgehead atoms. The number of hydrogen-bond acceptors (Lipinski definition) is 7. The first-order chi connectivity index (χ1) is 11.4. The molecule has 0 aromatic heterocycles. The minimum Gasteiger partial charge on any atom is -0.468 e. The SMILES string of the molecule is CC.CCN(C)C(CCC(=O)NCC(O)CO)C(=O)OC.COC. The first-order valence-electron chi connectivity index (χ1n) is 8.11. The Bertz CT molecular complexity index is 302. The maximum Gasteiger partial charge on any atom is 0.323 e. The van der Waals surface area contributed by atoms with E-state index in [9.17, 15) is 9.59 Å². The number of methoxy groups -OCH3 is 2. The molecule has 0 aliphatic carbocycles. The molecule has 2 atom stereocenters. The Labute approximate surface area is 146 Å². The van der Waals surface area contributed by atoms with Crippen molar-refractivity contribution in [2.45, 2.75) is 45.8 Å². The summed E-state index contributed by atoms with van der Waals surface area (Å²) in [6.07, 6.45) is -0.459. The van der Waals surface area contributed by atoms with Crippen LogP contribution >= 0.6 is 0 Å². The van der Waals surface area contributed by atoms with E-state index in [0.717, 1.165) is 0 Å². The van der Waals surface area contributed by atoms with Crippen molar-refractivity contribution in [3.63, 3.8) is 0 Å². The molecule has 0 heterocycles. The van der Waals surface area contributed by atoms with Crippen LogP contribution in [0.15, 0.2) is 0 Å². The van der Waals surface area contributed by atoms with Crippen LogP contribution in [0.3, 0.4) is 0 Å². The Morgan fingerprint density at radius 3 is 2.08 bits per heavy atom. The lowest BCUT2D eigenvalue weighted by Gasteiger charge is -2.24. The van der Waals surface area contributed by atoms with Gasteiger partial charge >= 0.3 is 5.97 Å². The van der Waals surface area contributed by atoms with E-state index in [-0.39, 0.29) is 24.8 Å².